The SMILES string of the molecule is O=C1C=C(c2ccc(CC(C(=O)c3ccccc3)c3ccccc3)cc2Br)S(=O)(=O)N1. The third kappa shape index (κ3) is 4.52. The van der Waals surface area contributed by atoms with Crippen LogP contribution in [-0.2, 0) is 21.2 Å². The lowest BCUT2D eigenvalue weighted by Gasteiger charge is -2.17. The van der Waals surface area contributed by atoms with Gasteiger partial charge in [0, 0.05) is 21.7 Å². The van der Waals surface area contributed by atoms with Crippen molar-refractivity contribution in [1.82, 2.24) is 4.72 Å². The van der Waals surface area contributed by atoms with Gasteiger partial charge in [-0.3, -0.25) is 9.59 Å². The predicted octanol–water partition coefficient (Wildman–Crippen LogP) is 4.46. The van der Waals surface area contributed by atoms with E-state index in [9.17, 15) is 18.0 Å². The molecule has 1 N–H and O–H groups in total. The molecule has 5 nitrogen and oxygen atoms in total. The molecule has 31 heavy (non-hydrogen) atoms. The third-order valence-electron chi connectivity index (χ3n) is 5.10. The van der Waals surface area contributed by atoms with E-state index < -0.39 is 15.9 Å². The molecule has 3 aromatic carbocycles. The quantitative estimate of drug-likeness (QED) is 0.512. The van der Waals surface area contributed by atoms with Crippen molar-refractivity contribution >= 4 is 42.5 Å². The molecule has 1 atom stereocenters. The summed E-state index contributed by atoms with van der Waals surface area (Å²) in [5.41, 5.74) is 2.81. The number of benzene rings is 3. The lowest BCUT2D eigenvalue weighted by atomic mass is 9.85. The maximum Gasteiger partial charge on any atom is 0.265 e. The number of hydrogen-bond acceptors (Lipinski definition) is 4. The van der Waals surface area contributed by atoms with Crippen LogP contribution in [0.3, 0.4) is 0 Å². The van der Waals surface area contributed by atoms with Crippen LogP contribution in [0, 0.1) is 0 Å². The monoisotopic (exact) mass is 495 g/mol. The summed E-state index contributed by atoms with van der Waals surface area (Å²) in [7, 11) is -3.86. The van der Waals surface area contributed by atoms with Crippen LogP contribution in [0.15, 0.2) is 89.4 Å². The van der Waals surface area contributed by atoms with Crippen molar-refractivity contribution < 1.29 is 18.0 Å². The van der Waals surface area contributed by atoms with Crippen molar-refractivity contribution in [2.45, 2.75) is 12.3 Å². The van der Waals surface area contributed by atoms with Gasteiger partial charge >= 0.3 is 0 Å². The van der Waals surface area contributed by atoms with Crippen LogP contribution >= 0.6 is 15.9 Å². The fourth-order valence-electron chi connectivity index (χ4n) is 3.61. The zero-order chi connectivity index (χ0) is 22.0. The van der Waals surface area contributed by atoms with Crippen LogP contribution in [0.5, 0.6) is 0 Å². The molecule has 0 bridgehead atoms. The summed E-state index contributed by atoms with van der Waals surface area (Å²) in [6.45, 7) is 0. The predicted molar refractivity (Wildman–Crippen MR) is 123 cm³/mol. The Kier molecular flexibility index (Phi) is 5.89. The number of carbonyl (C=O) groups is 2. The Bertz CT molecular complexity index is 1290. The van der Waals surface area contributed by atoms with Gasteiger partial charge in [0.1, 0.15) is 4.91 Å². The Hall–Kier alpha value is -3.03. The van der Waals surface area contributed by atoms with Gasteiger partial charge in [-0.05, 0) is 23.6 Å². The lowest BCUT2D eigenvalue weighted by Crippen LogP contribution is -2.22. The minimum absolute atomic E-state index is 0.0166. The van der Waals surface area contributed by atoms with Gasteiger partial charge in [0.2, 0.25) is 0 Å². The van der Waals surface area contributed by atoms with Crippen molar-refractivity contribution in [1.29, 1.82) is 0 Å². The van der Waals surface area contributed by atoms with Gasteiger partial charge < -0.3 is 0 Å². The van der Waals surface area contributed by atoms with Gasteiger partial charge in [0.15, 0.2) is 5.78 Å². The number of halogens is 1. The third-order valence-corrected chi connectivity index (χ3v) is 7.14. The van der Waals surface area contributed by atoms with E-state index in [0.717, 1.165) is 17.2 Å². The van der Waals surface area contributed by atoms with Gasteiger partial charge in [0.05, 0.1) is 5.92 Å². The maximum atomic E-state index is 13.3. The zero-order valence-electron chi connectivity index (χ0n) is 16.3. The Morgan fingerprint density at radius 2 is 1.58 bits per heavy atom. The Morgan fingerprint density at radius 1 is 0.935 bits per heavy atom. The Morgan fingerprint density at radius 3 is 2.16 bits per heavy atom. The second kappa shape index (κ2) is 8.61. The summed E-state index contributed by atoms with van der Waals surface area (Å²) >= 11 is 3.43. The summed E-state index contributed by atoms with van der Waals surface area (Å²) in [4.78, 5) is 24.7. The molecule has 0 saturated carbocycles. The molecule has 0 aromatic heterocycles. The largest absolute Gasteiger partial charge is 0.293 e. The second-order valence-corrected chi connectivity index (χ2v) is 9.70. The van der Waals surface area contributed by atoms with Crippen molar-refractivity contribution in [3.8, 4) is 0 Å². The molecule has 0 radical (unpaired) electrons. The van der Waals surface area contributed by atoms with Crippen molar-refractivity contribution in [3.05, 3.63) is 112 Å². The van der Waals surface area contributed by atoms with E-state index >= 15 is 0 Å². The summed E-state index contributed by atoms with van der Waals surface area (Å²) in [6.07, 6.45) is 1.51. The normalized spacial score (nSPS) is 15.8. The molecular formula is C24H18BrNO4S. The van der Waals surface area contributed by atoms with E-state index in [4.69, 9.17) is 0 Å². The summed E-state index contributed by atoms with van der Waals surface area (Å²) in [6, 6.07) is 24.0. The number of carbonyl (C=O) groups excluding carboxylic acids is 2. The number of Topliss-reactive ketones (excluding diaryl/α,β-unsaturated/α-hetero) is 1. The van der Waals surface area contributed by atoms with Crippen LogP contribution in [0.1, 0.15) is 33.0 Å². The van der Waals surface area contributed by atoms with E-state index in [-0.39, 0.29) is 16.6 Å². The molecule has 0 aliphatic carbocycles. The zero-order valence-corrected chi connectivity index (χ0v) is 18.7. The van der Waals surface area contributed by atoms with Gasteiger partial charge in [-0.1, -0.05) is 88.7 Å². The first-order valence-electron chi connectivity index (χ1n) is 9.56. The molecule has 7 heteroatoms. The fraction of sp³-hybridized carbons (Fsp3) is 0.0833. The fourth-order valence-corrected chi connectivity index (χ4v) is 5.54. The molecule has 0 fully saturated rings. The second-order valence-electron chi connectivity index (χ2n) is 7.19. The topological polar surface area (TPSA) is 80.3 Å². The first-order valence-corrected chi connectivity index (χ1v) is 11.8. The van der Waals surface area contributed by atoms with Crippen molar-refractivity contribution in [3.63, 3.8) is 0 Å². The number of nitrogens with one attached hydrogen (secondary N) is 1. The number of amides is 1. The van der Waals surface area contributed by atoms with Crippen LogP contribution in [0.2, 0.25) is 0 Å². The highest BCUT2D eigenvalue weighted by Gasteiger charge is 2.30. The van der Waals surface area contributed by atoms with E-state index in [2.05, 4.69) is 15.9 Å². The number of hydrogen-bond donors (Lipinski definition) is 1. The van der Waals surface area contributed by atoms with Crippen molar-refractivity contribution in [2.24, 2.45) is 0 Å². The minimum atomic E-state index is -3.86. The molecule has 1 aliphatic heterocycles. The number of rotatable bonds is 6. The van der Waals surface area contributed by atoms with Gasteiger partial charge in [-0.2, -0.15) is 0 Å². The molecule has 0 spiro atoms. The average Bonchev–Trinajstić information content (AvgIpc) is 3.04. The number of sulfonamides is 1. The highest BCUT2D eigenvalue weighted by Crippen LogP contribution is 2.33. The van der Waals surface area contributed by atoms with Crippen LogP contribution in [0.25, 0.3) is 4.91 Å². The Balaban J connectivity index is 1.68. The molecule has 156 valence electrons. The number of ketones is 1. The Labute approximate surface area is 189 Å². The summed E-state index contributed by atoms with van der Waals surface area (Å²) in [5, 5.41) is 0. The van der Waals surface area contributed by atoms with E-state index in [1.54, 1.807) is 30.3 Å². The maximum absolute atomic E-state index is 13.3. The molecule has 1 aliphatic rings. The van der Waals surface area contributed by atoms with Gasteiger partial charge in [-0.25, -0.2) is 13.1 Å². The highest BCUT2D eigenvalue weighted by molar-refractivity contribution is 9.10. The molecular weight excluding hydrogens is 478 g/mol. The summed E-state index contributed by atoms with van der Waals surface area (Å²) < 4.78 is 26.8. The van der Waals surface area contributed by atoms with Crippen LogP contribution in [0.4, 0.5) is 0 Å². The lowest BCUT2D eigenvalue weighted by molar-refractivity contribution is -0.114. The molecule has 1 unspecified atom stereocenters. The standard InChI is InChI=1S/C24H18BrNO4S/c25-21-14-16(11-12-19(21)22-15-23(27)26-31(22,29)30)13-20(17-7-3-1-4-8-17)24(28)18-9-5-2-6-10-18/h1-12,14-15,20H,13H2,(H,26,27). The van der Waals surface area contributed by atoms with Crippen LogP contribution < -0.4 is 4.72 Å². The first kappa shape index (κ1) is 21.2. The average molecular weight is 496 g/mol. The first-order chi connectivity index (χ1) is 14.8. The molecule has 1 heterocycles. The van der Waals surface area contributed by atoms with Crippen molar-refractivity contribution in [2.75, 3.05) is 0 Å². The van der Waals surface area contributed by atoms with Gasteiger partial charge in [-0.15, -0.1) is 0 Å². The highest BCUT2D eigenvalue weighted by atomic mass is 79.9. The van der Waals surface area contributed by atoms with Crippen LogP contribution in [-0.4, -0.2) is 20.1 Å². The van der Waals surface area contributed by atoms with E-state index in [0.29, 0.717) is 22.0 Å². The molecule has 3 aromatic rings. The molecule has 1 amide bonds. The van der Waals surface area contributed by atoms with E-state index in [1.165, 1.54) is 0 Å². The molecule has 4 rings (SSSR count). The summed E-state index contributed by atoms with van der Waals surface area (Å²) in [5.74, 6) is -1.04. The molecule has 0 saturated heterocycles. The van der Waals surface area contributed by atoms with Gasteiger partial charge in [0.25, 0.3) is 15.9 Å². The van der Waals surface area contributed by atoms with E-state index in [1.807, 2.05) is 53.3 Å². The minimum Gasteiger partial charge on any atom is -0.293 e. The smallest absolute Gasteiger partial charge is 0.265 e.